The van der Waals surface area contributed by atoms with E-state index in [1.165, 1.54) is 5.69 Å². The monoisotopic (exact) mass is 284 g/mol. The van der Waals surface area contributed by atoms with Crippen LogP contribution in [0.15, 0.2) is 36.4 Å². The fourth-order valence-electron chi connectivity index (χ4n) is 2.20. The van der Waals surface area contributed by atoms with Gasteiger partial charge >= 0.3 is 0 Å². The van der Waals surface area contributed by atoms with Gasteiger partial charge in [-0.3, -0.25) is 4.90 Å². The summed E-state index contributed by atoms with van der Waals surface area (Å²) < 4.78 is 0. The topological polar surface area (TPSA) is 6.48 Å². The van der Waals surface area contributed by atoms with Crippen LogP contribution in [0.1, 0.15) is 0 Å². The number of anilines is 1. The second-order valence-corrected chi connectivity index (χ2v) is 5.33. The van der Waals surface area contributed by atoms with Crippen LogP contribution in [-0.4, -0.2) is 43.5 Å². The summed E-state index contributed by atoms with van der Waals surface area (Å²) in [6, 6.07) is 8.04. The van der Waals surface area contributed by atoms with Gasteiger partial charge in [-0.2, -0.15) is 0 Å². The van der Waals surface area contributed by atoms with Crippen molar-refractivity contribution in [2.24, 2.45) is 0 Å². The molecule has 18 heavy (non-hydrogen) atoms. The molecule has 1 fully saturated rings. The molecule has 98 valence electrons. The van der Waals surface area contributed by atoms with E-state index in [9.17, 15) is 0 Å². The summed E-state index contributed by atoms with van der Waals surface area (Å²) in [5, 5.41) is 0.797. The van der Waals surface area contributed by atoms with Crippen molar-refractivity contribution in [3.05, 3.63) is 41.4 Å². The van der Waals surface area contributed by atoms with E-state index in [0.717, 1.165) is 43.3 Å². The lowest BCUT2D eigenvalue weighted by molar-refractivity contribution is 0.279. The van der Waals surface area contributed by atoms with Gasteiger partial charge in [0, 0.05) is 49.3 Å². The Morgan fingerprint density at radius 3 is 2.56 bits per heavy atom. The molecule has 0 bridgehead atoms. The molecule has 1 saturated heterocycles. The van der Waals surface area contributed by atoms with E-state index in [-0.39, 0.29) is 0 Å². The number of hydrogen-bond donors (Lipinski definition) is 0. The van der Waals surface area contributed by atoms with Gasteiger partial charge in [0.05, 0.1) is 0 Å². The average Bonchev–Trinajstić information content (AvgIpc) is 2.39. The number of nitrogens with zero attached hydrogens (tertiary/aromatic N) is 2. The molecule has 0 aliphatic carbocycles. The molecule has 4 heteroatoms. The summed E-state index contributed by atoms with van der Waals surface area (Å²) in [6.45, 7) is 9.00. The molecule has 0 spiro atoms. The van der Waals surface area contributed by atoms with Crippen LogP contribution in [0.5, 0.6) is 0 Å². The molecular formula is C14H18Cl2N2. The average molecular weight is 285 g/mol. The highest BCUT2D eigenvalue weighted by Gasteiger charge is 2.17. The highest BCUT2D eigenvalue weighted by molar-refractivity contribution is 6.30. The predicted molar refractivity (Wildman–Crippen MR) is 80.0 cm³/mol. The Kier molecular flexibility index (Phi) is 4.93. The molecule has 2 nitrogen and oxygen atoms in total. The van der Waals surface area contributed by atoms with E-state index in [4.69, 9.17) is 23.2 Å². The van der Waals surface area contributed by atoms with Gasteiger partial charge in [0.15, 0.2) is 0 Å². The van der Waals surface area contributed by atoms with Gasteiger partial charge in [-0.1, -0.05) is 24.2 Å². The molecular weight excluding hydrogens is 267 g/mol. The summed E-state index contributed by atoms with van der Waals surface area (Å²) in [5.41, 5.74) is 2.30. The first-order valence-corrected chi connectivity index (χ1v) is 7.06. The molecule has 1 aromatic carbocycles. The summed E-state index contributed by atoms with van der Waals surface area (Å²) in [6.07, 6.45) is 0. The Bertz CT molecular complexity index is 412. The maximum atomic E-state index is 6.02. The van der Waals surface area contributed by atoms with Gasteiger partial charge in [0.25, 0.3) is 0 Å². The first-order chi connectivity index (χ1) is 8.69. The maximum Gasteiger partial charge on any atom is 0.0443 e. The van der Waals surface area contributed by atoms with Crippen LogP contribution in [-0.2, 0) is 0 Å². The number of piperazine rings is 1. The Balaban J connectivity index is 1.88. The Labute approximate surface area is 119 Å². The normalized spacial score (nSPS) is 16.9. The van der Waals surface area contributed by atoms with E-state index in [1.54, 1.807) is 0 Å². The van der Waals surface area contributed by atoms with Gasteiger partial charge < -0.3 is 4.90 Å². The predicted octanol–water partition coefficient (Wildman–Crippen LogP) is 3.26. The number of hydrogen-bond acceptors (Lipinski definition) is 2. The largest absolute Gasteiger partial charge is 0.369 e. The zero-order valence-electron chi connectivity index (χ0n) is 10.4. The lowest BCUT2D eigenvalue weighted by Gasteiger charge is -2.36. The van der Waals surface area contributed by atoms with Crippen LogP contribution in [0.3, 0.4) is 0 Å². The minimum Gasteiger partial charge on any atom is -0.369 e. The Hall–Kier alpha value is -0.700. The van der Waals surface area contributed by atoms with Crippen LogP contribution >= 0.6 is 23.2 Å². The Morgan fingerprint density at radius 1 is 1.22 bits per heavy atom. The molecule has 0 atom stereocenters. The van der Waals surface area contributed by atoms with Gasteiger partial charge in [-0.25, -0.2) is 0 Å². The molecule has 1 heterocycles. The van der Waals surface area contributed by atoms with Crippen molar-refractivity contribution in [3.63, 3.8) is 0 Å². The molecule has 0 radical (unpaired) electrons. The number of halogens is 2. The molecule has 2 rings (SSSR count). The molecule has 0 N–H and O–H groups in total. The minimum absolute atomic E-state index is 0.550. The highest BCUT2D eigenvalue weighted by Crippen LogP contribution is 2.20. The zero-order valence-corrected chi connectivity index (χ0v) is 11.9. The molecule has 0 amide bonds. The van der Waals surface area contributed by atoms with E-state index in [2.05, 4.69) is 22.4 Å². The minimum atomic E-state index is 0.550. The van der Waals surface area contributed by atoms with Gasteiger partial charge in [-0.05, 0) is 23.8 Å². The second kappa shape index (κ2) is 6.46. The second-order valence-electron chi connectivity index (χ2n) is 4.63. The highest BCUT2D eigenvalue weighted by atomic mass is 35.5. The van der Waals surface area contributed by atoms with E-state index >= 15 is 0 Å². The van der Waals surface area contributed by atoms with Crippen LogP contribution in [0.25, 0.3) is 0 Å². The molecule has 0 aromatic heterocycles. The van der Waals surface area contributed by atoms with Gasteiger partial charge in [-0.15, -0.1) is 11.6 Å². The molecule has 1 aromatic rings. The number of benzene rings is 1. The molecule has 0 saturated carbocycles. The third-order valence-electron chi connectivity index (χ3n) is 3.18. The summed E-state index contributed by atoms with van der Waals surface area (Å²) in [7, 11) is 0. The fraction of sp³-hybridized carbons (Fsp3) is 0.429. The first-order valence-electron chi connectivity index (χ1n) is 6.14. The third kappa shape index (κ3) is 3.64. The standard InChI is InChI=1S/C14H18Cl2N2/c1-12(10-15)11-17-5-7-18(8-6-17)14-4-2-3-13(16)9-14/h2-4,9H,1,5-8,10-11H2. The fourth-order valence-corrected chi connectivity index (χ4v) is 2.46. The Morgan fingerprint density at radius 2 is 1.94 bits per heavy atom. The lowest BCUT2D eigenvalue weighted by Crippen LogP contribution is -2.47. The van der Waals surface area contributed by atoms with E-state index in [0.29, 0.717) is 5.88 Å². The van der Waals surface area contributed by atoms with Crippen LogP contribution < -0.4 is 4.90 Å². The first kappa shape index (κ1) is 13.7. The van der Waals surface area contributed by atoms with Gasteiger partial charge in [0.2, 0.25) is 0 Å². The summed E-state index contributed by atoms with van der Waals surface area (Å²) >= 11 is 11.8. The van der Waals surface area contributed by atoms with Gasteiger partial charge in [0.1, 0.15) is 0 Å². The van der Waals surface area contributed by atoms with Crippen LogP contribution in [0, 0.1) is 0 Å². The quantitative estimate of drug-likeness (QED) is 0.619. The number of alkyl halides is 1. The van der Waals surface area contributed by atoms with Crippen molar-refractivity contribution in [1.82, 2.24) is 4.90 Å². The summed E-state index contributed by atoms with van der Waals surface area (Å²) in [4.78, 5) is 4.76. The van der Waals surface area contributed by atoms with Crippen LogP contribution in [0.2, 0.25) is 5.02 Å². The van der Waals surface area contributed by atoms with Crippen molar-refractivity contribution in [1.29, 1.82) is 0 Å². The lowest BCUT2D eigenvalue weighted by atomic mass is 10.2. The zero-order chi connectivity index (χ0) is 13.0. The van der Waals surface area contributed by atoms with Crippen molar-refractivity contribution in [3.8, 4) is 0 Å². The third-order valence-corrected chi connectivity index (χ3v) is 3.79. The molecule has 0 unspecified atom stereocenters. The van der Waals surface area contributed by atoms with Crippen molar-refractivity contribution < 1.29 is 0 Å². The van der Waals surface area contributed by atoms with E-state index < -0.39 is 0 Å². The number of rotatable bonds is 4. The maximum absolute atomic E-state index is 6.02. The SMILES string of the molecule is C=C(CCl)CN1CCN(c2cccc(Cl)c2)CC1. The van der Waals surface area contributed by atoms with Crippen molar-refractivity contribution >= 4 is 28.9 Å². The molecule has 1 aliphatic heterocycles. The van der Waals surface area contributed by atoms with Crippen molar-refractivity contribution in [2.75, 3.05) is 43.5 Å². The van der Waals surface area contributed by atoms with Crippen molar-refractivity contribution in [2.45, 2.75) is 0 Å². The summed E-state index contributed by atoms with van der Waals surface area (Å²) in [5.74, 6) is 0.550. The molecule has 1 aliphatic rings. The van der Waals surface area contributed by atoms with E-state index in [1.807, 2.05) is 18.2 Å². The smallest absolute Gasteiger partial charge is 0.0443 e. The van der Waals surface area contributed by atoms with Crippen LogP contribution in [0.4, 0.5) is 5.69 Å².